The maximum Gasteiger partial charge on any atom is 0.409 e. The minimum absolute atomic E-state index is 0.202. The highest BCUT2D eigenvalue weighted by atomic mass is 16.8. The summed E-state index contributed by atoms with van der Waals surface area (Å²) in [5.74, 6) is 5.73. The van der Waals surface area contributed by atoms with E-state index < -0.39 is 12.4 Å². The third kappa shape index (κ3) is 5.07. The second kappa shape index (κ2) is 7.72. The minimum Gasteiger partial charge on any atom is -0.491 e. The number of nitrogens with one attached hydrogen (secondary N) is 1. The molecule has 1 rings (SSSR count). The van der Waals surface area contributed by atoms with E-state index in [0.29, 0.717) is 6.61 Å². The van der Waals surface area contributed by atoms with E-state index in [0.717, 1.165) is 16.9 Å². The first-order valence-corrected chi connectivity index (χ1v) is 6.45. The number of hydrogen-bond donors (Lipinski definition) is 2. The molecule has 1 amide bonds. The van der Waals surface area contributed by atoms with Gasteiger partial charge < -0.3 is 14.8 Å². The zero-order valence-electron chi connectivity index (χ0n) is 12.3. The molecule has 6 heteroatoms. The molecule has 0 saturated heterocycles. The van der Waals surface area contributed by atoms with Gasteiger partial charge in [0.2, 0.25) is 6.29 Å². The summed E-state index contributed by atoms with van der Waals surface area (Å²) in [7, 11) is 0. The minimum atomic E-state index is -0.790. The third-order valence-electron chi connectivity index (χ3n) is 2.72. The molecule has 2 atom stereocenters. The summed E-state index contributed by atoms with van der Waals surface area (Å²) >= 11 is 0. The van der Waals surface area contributed by atoms with Crippen LogP contribution in [0.25, 0.3) is 0 Å². The van der Waals surface area contributed by atoms with Crippen molar-refractivity contribution < 1.29 is 19.1 Å². The van der Waals surface area contributed by atoms with Crippen LogP contribution in [0, 0.1) is 13.8 Å². The van der Waals surface area contributed by atoms with Crippen molar-refractivity contribution in [2.24, 2.45) is 5.90 Å². The fourth-order valence-electron chi connectivity index (χ4n) is 1.69. The van der Waals surface area contributed by atoms with E-state index in [9.17, 15) is 4.79 Å². The standard InChI is InChI=1S/C14H22N2O4/c1-9-6-5-7-10(2)13(9)18-8-11(3)16-14(17)19-12(4)20-15/h5-7,11-12H,8,15H2,1-4H3,(H,16,17). The summed E-state index contributed by atoms with van der Waals surface area (Å²) < 4.78 is 10.6. The van der Waals surface area contributed by atoms with E-state index >= 15 is 0 Å². The number of ether oxygens (including phenoxy) is 2. The molecule has 112 valence electrons. The topological polar surface area (TPSA) is 82.8 Å². The molecule has 0 heterocycles. The Bertz CT molecular complexity index is 431. The van der Waals surface area contributed by atoms with E-state index in [1.807, 2.05) is 39.0 Å². The van der Waals surface area contributed by atoms with Gasteiger partial charge in [0.25, 0.3) is 0 Å². The summed E-state index contributed by atoms with van der Waals surface area (Å²) in [6.07, 6.45) is -1.39. The molecule has 0 saturated carbocycles. The molecular formula is C14H22N2O4. The van der Waals surface area contributed by atoms with Crippen LogP contribution in [-0.4, -0.2) is 25.0 Å². The molecule has 1 aromatic rings. The lowest BCUT2D eigenvalue weighted by Gasteiger charge is -2.18. The number of amides is 1. The number of rotatable bonds is 6. The largest absolute Gasteiger partial charge is 0.491 e. The van der Waals surface area contributed by atoms with Gasteiger partial charge in [-0.1, -0.05) is 18.2 Å². The Morgan fingerprint density at radius 3 is 2.45 bits per heavy atom. The third-order valence-corrected chi connectivity index (χ3v) is 2.72. The maximum absolute atomic E-state index is 11.4. The van der Waals surface area contributed by atoms with Crippen molar-refractivity contribution in [1.82, 2.24) is 5.32 Å². The summed E-state index contributed by atoms with van der Waals surface area (Å²) in [5, 5.41) is 2.63. The highest BCUT2D eigenvalue weighted by Crippen LogP contribution is 2.22. The van der Waals surface area contributed by atoms with E-state index in [1.165, 1.54) is 6.92 Å². The molecular weight excluding hydrogens is 260 g/mol. The van der Waals surface area contributed by atoms with Gasteiger partial charge in [0.05, 0.1) is 6.04 Å². The normalized spacial score (nSPS) is 13.4. The number of benzene rings is 1. The highest BCUT2D eigenvalue weighted by molar-refractivity contribution is 5.67. The fraction of sp³-hybridized carbons (Fsp3) is 0.500. The molecule has 3 N–H and O–H groups in total. The van der Waals surface area contributed by atoms with Gasteiger partial charge in [-0.3, -0.25) is 4.84 Å². The Kier molecular flexibility index (Phi) is 6.27. The number of para-hydroxylation sites is 1. The van der Waals surface area contributed by atoms with Gasteiger partial charge in [-0.2, -0.15) is 0 Å². The molecule has 0 bridgehead atoms. The van der Waals surface area contributed by atoms with E-state index in [4.69, 9.17) is 15.4 Å². The molecule has 0 radical (unpaired) electrons. The first kappa shape index (κ1) is 16.3. The van der Waals surface area contributed by atoms with Crippen molar-refractivity contribution in [2.45, 2.75) is 40.0 Å². The molecule has 0 aliphatic carbocycles. The SMILES string of the molecule is Cc1cccc(C)c1OCC(C)NC(=O)OC(C)ON. The lowest BCUT2D eigenvalue weighted by atomic mass is 10.1. The fourth-order valence-corrected chi connectivity index (χ4v) is 1.69. The van der Waals surface area contributed by atoms with Gasteiger partial charge in [0, 0.05) is 0 Å². The Balaban J connectivity index is 2.43. The maximum atomic E-state index is 11.4. The van der Waals surface area contributed by atoms with E-state index in [-0.39, 0.29) is 6.04 Å². The van der Waals surface area contributed by atoms with Crippen LogP contribution in [0.5, 0.6) is 5.75 Å². The van der Waals surface area contributed by atoms with Crippen LogP contribution in [0.15, 0.2) is 18.2 Å². The average molecular weight is 282 g/mol. The van der Waals surface area contributed by atoms with Crippen molar-refractivity contribution in [3.63, 3.8) is 0 Å². The summed E-state index contributed by atoms with van der Waals surface area (Å²) in [4.78, 5) is 15.8. The molecule has 0 spiro atoms. The van der Waals surface area contributed by atoms with Gasteiger partial charge in [-0.05, 0) is 38.8 Å². The zero-order valence-corrected chi connectivity index (χ0v) is 12.3. The van der Waals surface area contributed by atoms with Crippen LogP contribution < -0.4 is 16.0 Å². The quantitative estimate of drug-likeness (QED) is 0.616. The van der Waals surface area contributed by atoms with Crippen LogP contribution in [0.1, 0.15) is 25.0 Å². The van der Waals surface area contributed by atoms with Gasteiger partial charge >= 0.3 is 6.09 Å². The first-order chi connectivity index (χ1) is 9.43. The second-order valence-electron chi connectivity index (χ2n) is 4.69. The molecule has 2 unspecified atom stereocenters. The van der Waals surface area contributed by atoms with Crippen LogP contribution in [0.2, 0.25) is 0 Å². The second-order valence-corrected chi connectivity index (χ2v) is 4.69. The van der Waals surface area contributed by atoms with Crippen LogP contribution in [0.3, 0.4) is 0 Å². The molecule has 0 aromatic heterocycles. The molecule has 0 aliphatic heterocycles. The molecule has 20 heavy (non-hydrogen) atoms. The number of hydrogen-bond acceptors (Lipinski definition) is 5. The Hall–Kier alpha value is -1.79. The number of carbonyl (C=O) groups is 1. The van der Waals surface area contributed by atoms with Gasteiger partial charge in [0.15, 0.2) is 0 Å². The predicted molar refractivity (Wildman–Crippen MR) is 75.2 cm³/mol. The van der Waals surface area contributed by atoms with Crippen molar-refractivity contribution in [2.75, 3.05) is 6.61 Å². The predicted octanol–water partition coefficient (Wildman–Crippen LogP) is 2.03. The Morgan fingerprint density at radius 2 is 1.90 bits per heavy atom. The number of alkyl carbamates (subject to hydrolysis) is 1. The number of nitrogens with two attached hydrogens (primary N) is 1. The van der Waals surface area contributed by atoms with Crippen molar-refractivity contribution in [1.29, 1.82) is 0 Å². The van der Waals surface area contributed by atoms with Crippen molar-refractivity contribution in [3.8, 4) is 5.75 Å². The Labute approximate surface area is 119 Å². The molecule has 1 aromatic carbocycles. The van der Waals surface area contributed by atoms with E-state index in [2.05, 4.69) is 10.2 Å². The van der Waals surface area contributed by atoms with Crippen molar-refractivity contribution in [3.05, 3.63) is 29.3 Å². The lowest BCUT2D eigenvalue weighted by Crippen LogP contribution is -2.39. The average Bonchev–Trinajstić information content (AvgIpc) is 2.37. The summed E-state index contributed by atoms with van der Waals surface area (Å²) in [6, 6.07) is 5.74. The van der Waals surface area contributed by atoms with Gasteiger partial charge in [0.1, 0.15) is 12.4 Å². The van der Waals surface area contributed by atoms with E-state index in [1.54, 1.807) is 0 Å². The summed E-state index contributed by atoms with van der Waals surface area (Å²) in [6.45, 7) is 7.66. The van der Waals surface area contributed by atoms with Gasteiger partial charge in [-0.15, -0.1) is 0 Å². The number of carbonyl (C=O) groups excluding carboxylic acids is 1. The highest BCUT2D eigenvalue weighted by Gasteiger charge is 2.13. The van der Waals surface area contributed by atoms with Crippen LogP contribution in [0.4, 0.5) is 4.79 Å². The number of aryl methyl sites for hydroxylation is 2. The molecule has 6 nitrogen and oxygen atoms in total. The van der Waals surface area contributed by atoms with Crippen LogP contribution in [-0.2, 0) is 9.57 Å². The Morgan fingerprint density at radius 1 is 1.30 bits per heavy atom. The molecule has 0 fully saturated rings. The van der Waals surface area contributed by atoms with Crippen LogP contribution >= 0.6 is 0 Å². The van der Waals surface area contributed by atoms with Crippen molar-refractivity contribution >= 4 is 6.09 Å². The first-order valence-electron chi connectivity index (χ1n) is 6.45. The van der Waals surface area contributed by atoms with Gasteiger partial charge in [-0.25, -0.2) is 10.7 Å². The monoisotopic (exact) mass is 282 g/mol. The zero-order chi connectivity index (χ0) is 15.1. The lowest BCUT2D eigenvalue weighted by molar-refractivity contribution is -0.0940. The molecule has 0 aliphatic rings. The summed E-state index contributed by atoms with van der Waals surface area (Å²) in [5.41, 5.74) is 2.12. The smallest absolute Gasteiger partial charge is 0.409 e.